The molecule has 0 bridgehead atoms. The number of fused-ring (bicyclic) bond motifs is 1. The summed E-state index contributed by atoms with van der Waals surface area (Å²) < 4.78 is 5.63. The zero-order valence-electron chi connectivity index (χ0n) is 18.3. The minimum Gasteiger partial charge on any atom is -0.484 e. The number of carbonyl (C=O) groups is 2. The number of para-hydroxylation sites is 1. The highest BCUT2D eigenvalue weighted by Gasteiger charge is 2.33. The minimum absolute atomic E-state index is 0.0304. The van der Waals surface area contributed by atoms with Gasteiger partial charge in [-0.2, -0.15) is 0 Å². The molecular weight excluding hydrogens is 420 g/mol. The molecule has 166 valence electrons. The standard InChI is InChI=1S/C26H28N2O3S/c1-2-15-27(25(30)19-31-21-11-7-4-8-12-21)18-24(29)28-16-13-23-22(14-17-32-23)26(28)20-9-5-3-6-10-20/h3-12,14,17,26H,2,13,15-16,18-19H2,1H3. The van der Waals surface area contributed by atoms with E-state index in [9.17, 15) is 9.59 Å². The Bertz CT molecular complexity index is 1040. The average Bonchev–Trinajstić information content (AvgIpc) is 3.31. The van der Waals surface area contributed by atoms with Crippen LogP contribution in [0.5, 0.6) is 5.75 Å². The van der Waals surface area contributed by atoms with Crippen LogP contribution < -0.4 is 4.74 Å². The molecule has 2 aromatic carbocycles. The third-order valence-electron chi connectivity index (χ3n) is 5.68. The predicted octanol–water partition coefficient (Wildman–Crippen LogP) is 4.54. The van der Waals surface area contributed by atoms with Crippen molar-refractivity contribution in [2.75, 3.05) is 26.2 Å². The third kappa shape index (κ3) is 5.02. The van der Waals surface area contributed by atoms with E-state index in [0.717, 1.165) is 18.4 Å². The van der Waals surface area contributed by atoms with Crippen molar-refractivity contribution in [3.63, 3.8) is 0 Å². The fraction of sp³-hybridized carbons (Fsp3) is 0.308. The highest BCUT2D eigenvalue weighted by molar-refractivity contribution is 7.10. The normalized spacial score (nSPS) is 15.2. The molecule has 2 heterocycles. The van der Waals surface area contributed by atoms with E-state index >= 15 is 0 Å². The van der Waals surface area contributed by atoms with E-state index in [1.165, 1.54) is 10.4 Å². The average molecular weight is 449 g/mol. The van der Waals surface area contributed by atoms with Crippen LogP contribution in [0, 0.1) is 0 Å². The van der Waals surface area contributed by atoms with Gasteiger partial charge in [0, 0.05) is 18.0 Å². The number of thiophene rings is 1. The van der Waals surface area contributed by atoms with E-state index in [4.69, 9.17) is 4.74 Å². The third-order valence-corrected chi connectivity index (χ3v) is 6.68. The number of benzene rings is 2. The second-order valence-corrected chi connectivity index (χ2v) is 8.87. The van der Waals surface area contributed by atoms with E-state index in [1.807, 2.05) is 60.4 Å². The summed E-state index contributed by atoms with van der Waals surface area (Å²) in [5.41, 5.74) is 2.29. The van der Waals surface area contributed by atoms with Gasteiger partial charge in [0.15, 0.2) is 6.61 Å². The van der Waals surface area contributed by atoms with Gasteiger partial charge < -0.3 is 14.5 Å². The molecule has 1 unspecified atom stereocenters. The predicted molar refractivity (Wildman–Crippen MR) is 127 cm³/mol. The first-order valence-electron chi connectivity index (χ1n) is 11.0. The molecule has 0 aliphatic carbocycles. The SMILES string of the molecule is CCCN(CC(=O)N1CCc2sccc2C1c1ccccc1)C(=O)COc1ccccc1. The Morgan fingerprint density at radius 2 is 1.78 bits per heavy atom. The first-order valence-corrected chi connectivity index (χ1v) is 11.9. The Hall–Kier alpha value is -3.12. The molecule has 0 N–H and O–H groups in total. The molecule has 3 aromatic rings. The highest BCUT2D eigenvalue weighted by atomic mass is 32.1. The van der Waals surface area contributed by atoms with Crippen molar-refractivity contribution in [3.8, 4) is 5.75 Å². The molecule has 0 spiro atoms. The van der Waals surface area contributed by atoms with Crippen LogP contribution in [0.4, 0.5) is 0 Å². The molecule has 1 atom stereocenters. The van der Waals surface area contributed by atoms with Crippen LogP contribution in [0.3, 0.4) is 0 Å². The number of ether oxygens (including phenoxy) is 1. The van der Waals surface area contributed by atoms with Crippen LogP contribution in [0.2, 0.25) is 0 Å². The van der Waals surface area contributed by atoms with E-state index in [0.29, 0.717) is 18.8 Å². The maximum atomic E-state index is 13.5. The minimum atomic E-state index is -0.173. The van der Waals surface area contributed by atoms with Gasteiger partial charge in [0.2, 0.25) is 5.91 Å². The second kappa shape index (κ2) is 10.5. The first-order chi connectivity index (χ1) is 15.7. The van der Waals surface area contributed by atoms with Gasteiger partial charge in [-0.25, -0.2) is 0 Å². The summed E-state index contributed by atoms with van der Waals surface area (Å²) >= 11 is 1.75. The summed E-state index contributed by atoms with van der Waals surface area (Å²) in [5, 5.41) is 2.10. The fourth-order valence-electron chi connectivity index (χ4n) is 4.15. The Labute approximate surface area is 193 Å². The van der Waals surface area contributed by atoms with Gasteiger partial charge in [-0.05, 0) is 47.5 Å². The highest BCUT2D eigenvalue weighted by Crippen LogP contribution is 2.37. The number of carbonyl (C=O) groups excluding carboxylic acids is 2. The van der Waals surface area contributed by atoms with Gasteiger partial charge in [-0.3, -0.25) is 9.59 Å². The molecule has 1 aliphatic rings. The van der Waals surface area contributed by atoms with E-state index in [2.05, 4.69) is 23.6 Å². The van der Waals surface area contributed by atoms with Crippen molar-refractivity contribution in [1.29, 1.82) is 0 Å². The van der Waals surface area contributed by atoms with Gasteiger partial charge >= 0.3 is 0 Å². The maximum Gasteiger partial charge on any atom is 0.260 e. The van der Waals surface area contributed by atoms with E-state index < -0.39 is 0 Å². The van der Waals surface area contributed by atoms with Crippen LogP contribution in [0.1, 0.15) is 35.4 Å². The monoisotopic (exact) mass is 448 g/mol. The lowest BCUT2D eigenvalue weighted by Gasteiger charge is -2.37. The Kier molecular flexibility index (Phi) is 7.22. The lowest BCUT2D eigenvalue weighted by atomic mass is 9.93. The van der Waals surface area contributed by atoms with E-state index in [1.54, 1.807) is 16.2 Å². The lowest BCUT2D eigenvalue weighted by Crippen LogP contribution is -2.47. The second-order valence-electron chi connectivity index (χ2n) is 7.87. The lowest BCUT2D eigenvalue weighted by molar-refractivity contribution is -0.142. The molecule has 5 nitrogen and oxygen atoms in total. The van der Waals surface area contributed by atoms with Crippen molar-refractivity contribution in [1.82, 2.24) is 9.80 Å². The number of amides is 2. The first kappa shape index (κ1) is 22.1. The number of hydrogen-bond acceptors (Lipinski definition) is 4. The molecule has 1 aliphatic heterocycles. The fourth-order valence-corrected chi connectivity index (χ4v) is 5.05. The maximum absolute atomic E-state index is 13.5. The summed E-state index contributed by atoms with van der Waals surface area (Å²) in [6.45, 7) is 3.17. The zero-order valence-corrected chi connectivity index (χ0v) is 19.1. The molecule has 32 heavy (non-hydrogen) atoms. The van der Waals surface area contributed by atoms with Gasteiger partial charge in [0.1, 0.15) is 5.75 Å². The molecule has 6 heteroatoms. The quantitative estimate of drug-likeness (QED) is 0.508. The van der Waals surface area contributed by atoms with Crippen LogP contribution in [-0.4, -0.2) is 47.9 Å². The van der Waals surface area contributed by atoms with Crippen LogP contribution in [-0.2, 0) is 16.0 Å². The van der Waals surface area contributed by atoms with Crippen LogP contribution in [0.15, 0.2) is 72.1 Å². The van der Waals surface area contributed by atoms with Gasteiger partial charge in [-0.1, -0.05) is 55.5 Å². The number of rotatable bonds is 8. The van der Waals surface area contributed by atoms with Gasteiger partial charge in [0.25, 0.3) is 5.91 Å². The van der Waals surface area contributed by atoms with Crippen molar-refractivity contribution in [3.05, 3.63) is 88.1 Å². The zero-order chi connectivity index (χ0) is 22.3. The Morgan fingerprint density at radius 1 is 1.06 bits per heavy atom. The van der Waals surface area contributed by atoms with Crippen molar-refractivity contribution in [2.24, 2.45) is 0 Å². The van der Waals surface area contributed by atoms with Crippen LogP contribution >= 0.6 is 11.3 Å². The molecule has 0 saturated carbocycles. The summed E-state index contributed by atoms with van der Waals surface area (Å²) in [5.74, 6) is 0.444. The van der Waals surface area contributed by atoms with Gasteiger partial charge in [-0.15, -0.1) is 11.3 Å². The molecule has 0 radical (unpaired) electrons. The summed E-state index contributed by atoms with van der Waals surface area (Å²) in [7, 11) is 0. The molecule has 4 rings (SSSR count). The van der Waals surface area contributed by atoms with Gasteiger partial charge in [0.05, 0.1) is 12.6 Å². The molecule has 0 fully saturated rings. The summed E-state index contributed by atoms with van der Waals surface area (Å²) in [6.07, 6.45) is 1.63. The number of hydrogen-bond donors (Lipinski definition) is 0. The molecule has 0 saturated heterocycles. The summed E-state index contributed by atoms with van der Waals surface area (Å²) in [4.78, 5) is 31.2. The largest absolute Gasteiger partial charge is 0.484 e. The molecular formula is C26H28N2O3S. The Morgan fingerprint density at radius 3 is 2.50 bits per heavy atom. The van der Waals surface area contributed by atoms with Crippen molar-refractivity contribution < 1.29 is 14.3 Å². The smallest absolute Gasteiger partial charge is 0.260 e. The van der Waals surface area contributed by atoms with Crippen molar-refractivity contribution in [2.45, 2.75) is 25.8 Å². The molecule has 2 amide bonds. The number of nitrogens with zero attached hydrogens (tertiary/aromatic N) is 2. The Balaban J connectivity index is 1.49. The van der Waals surface area contributed by atoms with E-state index in [-0.39, 0.29) is 31.0 Å². The topological polar surface area (TPSA) is 49.9 Å². The summed E-state index contributed by atoms with van der Waals surface area (Å²) in [6, 6.07) is 21.4. The van der Waals surface area contributed by atoms with Crippen LogP contribution in [0.25, 0.3) is 0 Å². The molecule has 1 aromatic heterocycles. The van der Waals surface area contributed by atoms with Crippen molar-refractivity contribution >= 4 is 23.2 Å².